The molecule has 3 aromatic rings. The summed E-state index contributed by atoms with van der Waals surface area (Å²) in [7, 11) is 1.52. The minimum Gasteiger partial charge on any atom is -0.497 e. The van der Waals surface area contributed by atoms with Crippen LogP contribution in [0, 0.1) is 6.92 Å². The summed E-state index contributed by atoms with van der Waals surface area (Å²) >= 11 is 5.86. The van der Waals surface area contributed by atoms with E-state index in [0.717, 1.165) is 18.2 Å². The molecule has 0 radical (unpaired) electrons. The number of carbonyl (C=O) groups excluding carboxylic acids is 1. The lowest BCUT2D eigenvalue weighted by Gasteiger charge is -2.10. The number of amides is 1. The van der Waals surface area contributed by atoms with Crippen LogP contribution in [0.25, 0.3) is 11.0 Å². The highest BCUT2D eigenvalue weighted by Crippen LogP contribution is 2.34. The van der Waals surface area contributed by atoms with Crippen molar-refractivity contribution in [2.24, 2.45) is 0 Å². The third-order valence-electron chi connectivity index (χ3n) is 3.89. The second kappa shape index (κ2) is 6.57. The van der Waals surface area contributed by atoms with Gasteiger partial charge in [0, 0.05) is 10.9 Å². The summed E-state index contributed by atoms with van der Waals surface area (Å²) in [5.41, 5.74) is 0.237. The van der Waals surface area contributed by atoms with Gasteiger partial charge in [0.05, 0.1) is 23.4 Å². The molecule has 1 amide bonds. The number of ether oxygens (including phenoxy) is 1. The van der Waals surface area contributed by atoms with E-state index >= 15 is 0 Å². The Kier molecular flexibility index (Phi) is 4.58. The second-order valence-corrected chi connectivity index (χ2v) is 5.97. The molecule has 1 aromatic heterocycles. The Morgan fingerprint density at radius 2 is 1.92 bits per heavy atom. The van der Waals surface area contributed by atoms with Gasteiger partial charge >= 0.3 is 6.18 Å². The Labute approximate surface area is 151 Å². The van der Waals surface area contributed by atoms with E-state index in [0.29, 0.717) is 22.3 Å². The molecule has 0 aliphatic rings. The summed E-state index contributed by atoms with van der Waals surface area (Å²) in [6, 6.07) is 7.80. The summed E-state index contributed by atoms with van der Waals surface area (Å²) in [6.07, 6.45) is -4.51. The summed E-state index contributed by atoms with van der Waals surface area (Å²) in [4.78, 5) is 12.5. The molecule has 0 saturated carbocycles. The minimum atomic E-state index is -4.51. The van der Waals surface area contributed by atoms with Gasteiger partial charge in [0.15, 0.2) is 5.76 Å². The average Bonchev–Trinajstić information content (AvgIpc) is 2.92. The van der Waals surface area contributed by atoms with Crippen LogP contribution in [0.5, 0.6) is 5.75 Å². The van der Waals surface area contributed by atoms with Gasteiger partial charge in [0.1, 0.15) is 11.3 Å². The number of benzene rings is 2. The molecule has 2 aromatic carbocycles. The van der Waals surface area contributed by atoms with E-state index in [-0.39, 0.29) is 16.5 Å². The van der Waals surface area contributed by atoms with Crippen molar-refractivity contribution < 1.29 is 27.1 Å². The molecule has 26 heavy (non-hydrogen) atoms. The molecule has 0 aliphatic carbocycles. The van der Waals surface area contributed by atoms with E-state index in [9.17, 15) is 18.0 Å². The number of aryl methyl sites for hydroxylation is 1. The molecule has 0 unspecified atom stereocenters. The Balaban J connectivity index is 1.91. The minimum absolute atomic E-state index is 0.0456. The standard InChI is InChI=1S/C18H13ClF3NO3/c1-9-12-8-11(25-2)4-6-15(12)26-16(9)17(24)23-14-5-3-10(7-13(14)19)18(20,21)22/h3-8H,1-2H3,(H,23,24). The SMILES string of the molecule is COc1ccc2oc(C(=O)Nc3ccc(C(F)(F)F)cc3Cl)c(C)c2c1. The first kappa shape index (κ1) is 18.1. The van der Waals surface area contributed by atoms with E-state index in [2.05, 4.69) is 5.32 Å². The van der Waals surface area contributed by atoms with Crippen molar-refractivity contribution in [1.29, 1.82) is 0 Å². The normalized spacial score (nSPS) is 11.6. The van der Waals surface area contributed by atoms with Gasteiger partial charge in [-0.2, -0.15) is 13.2 Å². The predicted molar refractivity (Wildman–Crippen MR) is 91.9 cm³/mol. The predicted octanol–water partition coefficient (Wildman–Crippen LogP) is 5.67. The smallest absolute Gasteiger partial charge is 0.416 e. The van der Waals surface area contributed by atoms with Gasteiger partial charge < -0.3 is 14.5 Å². The molecular formula is C18H13ClF3NO3. The van der Waals surface area contributed by atoms with Gasteiger partial charge in [0.25, 0.3) is 5.91 Å². The number of furan rings is 1. The number of rotatable bonds is 3. The summed E-state index contributed by atoms with van der Waals surface area (Å²) in [6.45, 7) is 1.70. The zero-order chi connectivity index (χ0) is 19.1. The van der Waals surface area contributed by atoms with Crippen molar-refractivity contribution in [2.45, 2.75) is 13.1 Å². The average molecular weight is 384 g/mol. The van der Waals surface area contributed by atoms with Crippen molar-refractivity contribution in [1.82, 2.24) is 0 Å². The van der Waals surface area contributed by atoms with E-state index in [1.165, 1.54) is 7.11 Å². The molecule has 0 fully saturated rings. The number of anilines is 1. The zero-order valence-corrected chi connectivity index (χ0v) is 14.5. The van der Waals surface area contributed by atoms with E-state index in [1.807, 2.05) is 0 Å². The quantitative estimate of drug-likeness (QED) is 0.633. The fourth-order valence-corrected chi connectivity index (χ4v) is 2.74. The molecule has 136 valence electrons. The summed E-state index contributed by atoms with van der Waals surface area (Å²) in [5, 5.41) is 2.96. The van der Waals surface area contributed by atoms with E-state index < -0.39 is 17.6 Å². The topological polar surface area (TPSA) is 51.5 Å². The second-order valence-electron chi connectivity index (χ2n) is 5.56. The van der Waals surface area contributed by atoms with Gasteiger partial charge in [-0.25, -0.2) is 0 Å². The molecule has 0 atom stereocenters. The molecule has 8 heteroatoms. The molecule has 0 spiro atoms. The Hall–Kier alpha value is -2.67. The Morgan fingerprint density at radius 3 is 2.54 bits per heavy atom. The molecule has 3 rings (SSSR count). The largest absolute Gasteiger partial charge is 0.497 e. The van der Waals surface area contributed by atoms with Crippen LogP contribution in [0.1, 0.15) is 21.7 Å². The van der Waals surface area contributed by atoms with Crippen LogP contribution in [0.4, 0.5) is 18.9 Å². The van der Waals surface area contributed by atoms with Gasteiger partial charge in [-0.3, -0.25) is 4.79 Å². The van der Waals surface area contributed by atoms with Gasteiger partial charge in [-0.05, 0) is 43.3 Å². The van der Waals surface area contributed by atoms with Gasteiger partial charge in [0.2, 0.25) is 0 Å². The van der Waals surface area contributed by atoms with Crippen molar-refractivity contribution in [2.75, 3.05) is 12.4 Å². The van der Waals surface area contributed by atoms with Gasteiger partial charge in [-0.1, -0.05) is 11.6 Å². The van der Waals surface area contributed by atoms with E-state index in [1.54, 1.807) is 25.1 Å². The van der Waals surface area contributed by atoms with Crippen molar-refractivity contribution in [3.63, 3.8) is 0 Å². The summed E-state index contributed by atoms with van der Waals surface area (Å²) < 4.78 is 48.8. The third kappa shape index (κ3) is 3.35. The number of nitrogens with one attached hydrogen (secondary N) is 1. The van der Waals surface area contributed by atoms with Crippen molar-refractivity contribution >= 4 is 34.2 Å². The number of methoxy groups -OCH3 is 1. The number of hydrogen-bond acceptors (Lipinski definition) is 3. The highest BCUT2D eigenvalue weighted by Gasteiger charge is 2.31. The van der Waals surface area contributed by atoms with Crippen LogP contribution in [-0.4, -0.2) is 13.0 Å². The fraction of sp³-hybridized carbons (Fsp3) is 0.167. The maximum Gasteiger partial charge on any atom is 0.416 e. The van der Waals surface area contributed by atoms with E-state index in [4.69, 9.17) is 20.8 Å². The molecule has 0 bridgehead atoms. The highest BCUT2D eigenvalue weighted by molar-refractivity contribution is 6.34. The lowest BCUT2D eigenvalue weighted by atomic mass is 10.1. The Bertz CT molecular complexity index is 995. The van der Waals surface area contributed by atoms with Crippen molar-refractivity contribution in [3.05, 3.63) is 58.3 Å². The molecule has 1 heterocycles. The Morgan fingerprint density at radius 1 is 1.19 bits per heavy atom. The number of carbonyl (C=O) groups is 1. The van der Waals surface area contributed by atoms with Crippen LogP contribution < -0.4 is 10.1 Å². The first-order chi connectivity index (χ1) is 12.2. The molecule has 0 saturated heterocycles. The lowest BCUT2D eigenvalue weighted by molar-refractivity contribution is -0.137. The van der Waals surface area contributed by atoms with Gasteiger partial charge in [-0.15, -0.1) is 0 Å². The number of alkyl halides is 3. The maximum atomic E-state index is 12.7. The first-order valence-corrected chi connectivity index (χ1v) is 7.83. The van der Waals surface area contributed by atoms with Crippen LogP contribution >= 0.6 is 11.6 Å². The summed E-state index contributed by atoms with van der Waals surface area (Å²) in [5.74, 6) is 0.0442. The van der Waals surface area contributed by atoms with Crippen LogP contribution in [0.15, 0.2) is 40.8 Å². The van der Waals surface area contributed by atoms with Crippen LogP contribution in [0.3, 0.4) is 0 Å². The molecule has 1 N–H and O–H groups in total. The van der Waals surface area contributed by atoms with Crippen molar-refractivity contribution in [3.8, 4) is 5.75 Å². The maximum absolute atomic E-state index is 12.7. The number of halogens is 4. The molecule has 4 nitrogen and oxygen atoms in total. The molecule has 0 aliphatic heterocycles. The lowest BCUT2D eigenvalue weighted by Crippen LogP contribution is -2.13. The molecular weight excluding hydrogens is 371 g/mol. The zero-order valence-electron chi connectivity index (χ0n) is 13.7. The monoisotopic (exact) mass is 383 g/mol. The van der Waals surface area contributed by atoms with Crippen LogP contribution in [0.2, 0.25) is 5.02 Å². The number of hydrogen-bond donors (Lipinski definition) is 1. The fourth-order valence-electron chi connectivity index (χ4n) is 2.52. The highest BCUT2D eigenvalue weighted by atomic mass is 35.5. The third-order valence-corrected chi connectivity index (χ3v) is 4.21. The number of fused-ring (bicyclic) bond motifs is 1. The first-order valence-electron chi connectivity index (χ1n) is 7.46. The van der Waals surface area contributed by atoms with Crippen LogP contribution in [-0.2, 0) is 6.18 Å².